The number of carbonyl (C=O) groups excluding carboxylic acids is 2. The van der Waals surface area contributed by atoms with Crippen LogP contribution in [0.4, 0.5) is 0 Å². The highest BCUT2D eigenvalue weighted by molar-refractivity contribution is 5.94. The van der Waals surface area contributed by atoms with Crippen LogP contribution in [0, 0.1) is 5.92 Å². The van der Waals surface area contributed by atoms with Crippen LogP contribution in [0.15, 0.2) is 24.3 Å². The van der Waals surface area contributed by atoms with Crippen molar-refractivity contribution in [3.63, 3.8) is 0 Å². The summed E-state index contributed by atoms with van der Waals surface area (Å²) < 4.78 is 0. The van der Waals surface area contributed by atoms with Gasteiger partial charge in [0.1, 0.15) is 6.29 Å². The Labute approximate surface area is 139 Å². The van der Waals surface area contributed by atoms with Crippen molar-refractivity contribution in [1.82, 2.24) is 0 Å². The minimum Gasteiger partial charge on any atom is -0.303 e. The van der Waals surface area contributed by atoms with Crippen LogP contribution in [-0.4, -0.2) is 12.1 Å². The van der Waals surface area contributed by atoms with Gasteiger partial charge in [0.15, 0.2) is 5.78 Å². The molecule has 22 heavy (non-hydrogen) atoms. The van der Waals surface area contributed by atoms with Crippen LogP contribution >= 0.6 is 0 Å². The summed E-state index contributed by atoms with van der Waals surface area (Å²) in [6.45, 7) is 19.4. The quantitative estimate of drug-likeness (QED) is 0.478. The molecule has 0 aromatic heterocycles. The van der Waals surface area contributed by atoms with E-state index in [-0.39, 0.29) is 11.7 Å². The molecule has 0 fully saturated rings. The Hall–Kier alpha value is -1.44. The molecule has 0 radical (unpaired) electrons. The average molecular weight is 311 g/mol. The Kier molecular flexibility index (Phi) is 32.0. The Morgan fingerprint density at radius 1 is 0.909 bits per heavy atom. The first-order valence-electron chi connectivity index (χ1n) is 8.68. The first-order chi connectivity index (χ1) is 10.6. The SMILES string of the molecule is CC.CC.CC.CC.CC(=O)c1ccc(CC(C)C=O)cc1. The number of hydrogen-bond acceptors (Lipinski definition) is 2. The lowest BCUT2D eigenvalue weighted by Gasteiger charge is -2.04. The second-order valence-electron chi connectivity index (χ2n) is 3.57. The van der Waals surface area contributed by atoms with E-state index in [2.05, 4.69) is 0 Å². The molecule has 0 saturated carbocycles. The molecule has 1 rings (SSSR count). The van der Waals surface area contributed by atoms with E-state index in [1.54, 1.807) is 19.1 Å². The van der Waals surface area contributed by atoms with Crippen molar-refractivity contribution in [3.05, 3.63) is 35.4 Å². The molecule has 0 aliphatic heterocycles. The van der Waals surface area contributed by atoms with Crippen molar-refractivity contribution in [3.8, 4) is 0 Å². The topological polar surface area (TPSA) is 34.1 Å². The molecule has 0 saturated heterocycles. The molecule has 2 heteroatoms. The van der Waals surface area contributed by atoms with Crippen LogP contribution in [0.5, 0.6) is 0 Å². The van der Waals surface area contributed by atoms with Crippen molar-refractivity contribution in [2.75, 3.05) is 0 Å². The number of hydrogen-bond donors (Lipinski definition) is 0. The normalized spacial score (nSPS) is 8.82. The summed E-state index contributed by atoms with van der Waals surface area (Å²) in [6.07, 6.45) is 1.68. The number of aldehydes is 1. The van der Waals surface area contributed by atoms with Gasteiger partial charge in [-0.2, -0.15) is 0 Å². The van der Waals surface area contributed by atoms with E-state index in [1.165, 1.54) is 0 Å². The highest BCUT2D eigenvalue weighted by atomic mass is 16.1. The van der Waals surface area contributed by atoms with Crippen molar-refractivity contribution >= 4 is 12.1 Å². The van der Waals surface area contributed by atoms with Gasteiger partial charge in [-0.05, 0) is 18.9 Å². The zero-order valence-electron chi connectivity index (χ0n) is 16.5. The molecule has 0 bridgehead atoms. The predicted molar refractivity (Wildman–Crippen MR) is 101 cm³/mol. The summed E-state index contributed by atoms with van der Waals surface area (Å²) in [6, 6.07) is 7.40. The standard InChI is InChI=1S/C12H14O2.4C2H6/c1-9(8-13)7-11-3-5-12(6-4-11)10(2)14;4*1-2/h3-6,8-9H,7H2,1-2H3;4*1-2H3. The molecule has 1 aromatic carbocycles. The van der Waals surface area contributed by atoms with E-state index < -0.39 is 0 Å². The van der Waals surface area contributed by atoms with Gasteiger partial charge in [-0.25, -0.2) is 0 Å². The van der Waals surface area contributed by atoms with Crippen LogP contribution in [-0.2, 0) is 11.2 Å². The fraction of sp³-hybridized carbons (Fsp3) is 0.600. The van der Waals surface area contributed by atoms with Gasteiger partial charge < -0.3 is 4.79 Å². The second kappa shape index (κ2) is 24.6. The van der Waals surface area contributed by atoms with E-state index in [9.17, 15) is 9.59 Å². The van der Waals surface area contributed by atoms with Crippen molar-refractivity contribution in [2.45, 2.75) is 75.7 Å². The lowest BCUT2D eigenvalue weighted by Crippen LogP contribution is -2.01. The molecule has 1 aromatic rings. The monoisotopic (exact) mass is 310 g/mol. The molecule has 0 amide bonds. The number of benzene rings is 1. The lowest BCUT2D eigenvalue weighted by atomic mass is 10.0. The summed E-state index contributed by atoms with van der Waals surface area (Å²) in [7, 11) is 0. The van der Waals surface area contributed by atoms with Gasteiger partial charge in [-0.1, -0.05) is 86.6 Å². The van der Waals surface area contributed by atoms with E-state index in [4.69, 9.17) is 0 Å². The predicted octanol–water partition coefficient (Wildman–Crippen LogP) is 6.37. The molecule has 2 nitrogen and oxygen atoms in total. The third-order valence-electron chi connectivity index (χ3n) is 2.15. The summed E-state index contributed by atoms with van der Waals surface area (Å²) in [5, 5.41) is 0. The fourth-order valence-electron chi connectivity index (χ4n) is 1.30. The lowest BCUT2D eigenvalue weighted by molar-refractivity contribution is -0.110. The number of Topliss-reactive ketones (excluding diaryl/α,β-unsaturated/α-hetero) is 1. The second-order valence-corrected chi connectivity index (χ2v) is 3.57. The van der Waals surface area contributed by atoms with Gasteiger partial charge in [0.25, 0.3) is 0 Å². The molecular weight excluding hydrogens is 272 g/mol. The smallest absolute Gasteiger partial charge is 0.159 e. The fourth-order valence-corrected chi connectivity index (χ4v) is 1.30. The third-order valence-corrected chi connectivity index (χ3v) is 2.15. The van der Waals surface area contributed by atoms with Gasteiger partial charge in [-0.3, -0.25) is 4.79 Å². The van der Waals surface area contributed by atoms with Crippen LogP contribution in [0.2, 0.25) is 0 Å². The van der Waals surface area contributed by atoms with Gasteiger partial charge in [-0.15, -0.1) is 0 Å². The number of ketones is 1. The van der Waals surface area contributed by atoms with E-state index in [0.29, 0.717) is 5.56 Å². The van der Waals surface area contributed by atoms with Gasteiger partial charge >= 0.3 is 0 Å². The van der Waals surface area contributed by atoms with Crippen LogP contribution in [0.1, 0.15) is 85.2 Å². The van der Waals surface area contributed by atoms with Crippen LogP contribution in [0.25, 0.3) is 0 Å². The Bertz CT molecular complexity index is 326. The van der Waals surface area contributed by atoms with E-state index >= 15 is 0 Å². The largest absolute Gasteiger partial charge is 0.303 e. The Balaban J connectivity index is -0.000000175. The van der Waals surface area contributed by atoms with Gasteiger partial charge in [0.2, 0.25) is 0 Å². The summed E-state index contributed by atoms with van der Waals surface area (Å²) in [5.74, 6) is 0.109. The molecule has 0 heterocycles. The Morgan fingerprint density at radius 3 is 1.55 bits per heavy atom. The van der Waals surface area contributed by atoms with E-state index in [0.717, 1.165) is 18.3 Å². The Morgan fingerprint density at radius 2 is 1.27 bits per heavy atom. The zero-order chi connectivity index (χ0) is 18.6. The number of carbonyl (C=O) groups is 2. The molecule has 0 spiro atoms. The molecular formula is C20H38O2. The van der Waals surface area contributed by atoms with Crippen LogP contribution < -0.4 is 0 Å². The molecule has 1 unspecified atom stereocenters. The van der Waals surface area contributed by atoms with E-state index in [1.807, 2.05) is 74.4 Å². The minimum absolute atomic E-state index is 0.0400. The minimum atomic E-state index is 0.0400. The molecule has 0 aliphatic rings. The highest BCUT2D eigenvalue weighted by Gasteiger charge is 2.03. The summed E-state index contributed by atoms with van der Waals surface area (Å²) in [4.78, 5) is 21.4. The maximum absolute atomic E-state index is 11.0. The highest BCUT2D eigenvalue weighted by Crippen LogP contribution is 2.09. The van der Waals surface area contributed by atoms with Gasteiger partial charge in [0.05, 0.1) is 0 Å². The number of rotatable bonds is 4. The summed E-state index contributed by atoms with van der Waals surface area (Å²) in [5.41, 5.74) is 1.81. The van der Waals surface area contributed by atoms with Gasteiger partial charge in [0, 0.05) is 11.5 Å². The average Bonchev–Trinajstić information content (AvgIpc) is 2.62. The van der Waals surface area contributed by atoms with Crippen molar-refractivity contribution in [2.24, 2.45) is 5.92 Å². The van der Waals surface area contributed by atoms with Crippen LogP contribution in [0.3, 0.4) is 0 Å². The molecule has 130 valence electrons. The molecule has 0 N–H and O–H groups in total. The summed E-state index contributed by atoms with van der Waals surface area (Å²) >= 11 is 0. The maximum atomic E-state index is 11.0. The first kappa shape index (κ1) is 28.7. The molecule has 1 atom stereocenters. The van der Waals surface area contributed by atoms with Crippen molar-refractivity contribution < 1.29 is 9.59 Å². The maximum Gasteiger partial charge on any atom is 0.159 e. The first-order valence-corrected chi connectivity index (χ1v) is 8.68. The van der Waals surface area contributed by atoms with Crippen molar-refractivity contribution in [1.29, 1.82) is 0 Å². The molecule has 0 aliphatic carbocycles. The zero-order valence-corrected chi connectivity index (χ0v) is 16.5. The third kappa shape index (κ3) is 16.6.